The largest absolute Gasteiger partial charge is 0.322 e. The van der Waals surface area contributed by atoms with Crippen LogP contribution in [-0.4, -0.2) is 21.8 Å². The Balaban J connectivity index is 1.23. The summed E-state index contributed by atoms with van der Waals surface area (Å²) in [7, 11) is 0. The second-order valence-corrected chi connectivity index (χ2v) is 9.07. The van der Waals surface area contributed by atoms with Crippen LogP contribution < -0.4 is 10.6 Å². The molecule has 7 heteroatoms. The van der Waals surface area contributed by atoms with Crippen molar-refractivity contribution in [3.8, 4) is 11.3 Å². The van der Waals surface area contributed by atoms with Crippen molar-refractivity contribution in [2.24, 2.45) is 0 Å². The lowest BCUT2D eigenvalue weighted by Gasteiger charge is -2.11. The van der Waals surface area contributed by atoms with Crippen LogP contribution in [0.4, 0.5) is 11.4 Å². The first-order valence-corrected chi connectivity index (χ1v) is 12.3. The van der Waals surface area contributed by atoms with Gasteiger partial charge in [0.2, 0.25) is 0 Å². The number of pyridine rings is 2. The van der Waals surface area contributed by atoms with Crippen LogP contribution in [-0.2, 0) is 6.42 Å². The van der Waals surface area contributed by atoms with Gasteiger partial charge in [0.15, 0.2) is 0 Å². The Hall–Kier alpha value is -4.81. The lowest BCUT2D eigenvalue weighted by molar-refractivity contribution is 0.101. The average molecular weight is 519 g/mol. The Bertz CT molecular complexity index is 1560. The number of hydrogen-bond donors (Lipinski definition) is 2. The number of nitrogens with one attached hydrogen (secondary N) is 2. The molecule has 0 aliphatic carbocycles. The molecule has 0 fully saturated rings. The maximum Gasteiger partial charge on any atom is 0.257 e. The molecule has 0 aliphatic heterocycles. The van der Waals surface area contributed by atoms with E-state index < -0.39 is 0 Å². The summed E-state index contributed by atoms with van der Waals surface area (Å²) in [6, 6.07) is 31.7. The fraction of sp³-hybridized carbons (Fsp3) is 0.0323. The number of aromatic nitrogens is 2. The van der Waals surface area contributed by atoms with Crippen LogP contribution in [0, 0.1) is 0 Å². The maximum absolute atomic E-state index is 12.8. The molecule has 0 bridgehead atoms. The molecule has 2 aromatic heterocycles. The Morgan fingerprint density at radius 1 is 0.658 bits per heavy atom. The number of amides is 2. The number of halogens is 1. The van der Waals surface area contributed by atoms with Gasteiger partial charge in [0.1, 0.15) is 0 Å². The van der Waals surface area contributed by atoms with Crippen molar-refractivity contribution in [2.75, 3.05) is 10.6 Å². The first kappa shape index (κ1) is 24.9. The molecule has 3 aromatic carbocycles. The molecule has 0 aliphatic rings. The smallest absolute Gasteiger partial charge is 0.257 e. The van der Waals surface area contributed by atoms with Gasteiger partial charge >= 0.3 is 0 Å². The van der Waals surface area contributed by atoms with Gasteiger partial charge in [-0.25, -0.2) is 0 Å². The normalized spacial score (nSPS) is 10.6. The first-order chi connectivity index (χ1) is 18.5. The van der Waals surface area contributed by atoms with E-state index in [1.54, 1.807) is 42.6 Å². The summed E-state index contributed by atoms with van der Waals surface area (Å²) in [5.74, 6) is -0.668. The fourth-order valence-corrected chi connectivity index (χ4v) is 4.15. The molecule has 38 heavy (non-hydrogen) atoms. The molecule has 0 atom stereocenters. The minimum atomic E-state index is -0.338. The van der Waals surface area contributed by atoms with Gasteiger partial charge in [-0.3, -0.25) is 19.6 Å². The summed E-state index contributed by atoms with van der Waals surface area (Å²) in [5.41, 5.74) is 5.47. The molecule has 6 nitrogen and oxygen atoms in total. The van der Waals surface area contributed by atoms with Crippen LogP contribution in [0.3, 0.4) is 0 Å². The second-order valence-electron chi connectivity index (χ2n) is 8.64. The quantitative estimate of drug-likeness (QED) is 0.245. The van der Waals surface area contributed by atoms with Crippen LogP contribution >= 0.6 is 11.6 Å². The summed E-state index contributed by atoms with van der Waals surface area (Å²) in [4.78, 5) is 34.4. The van der Waals surface area contributed by atoms with E-state index in [1.807, 2.05) is 66.7 Å². The van der Waals surface area contributed by atoms with Crippen molar-refractivity contribution in [3.63, 3.8) is 0 Å². The highest BCUT2D eigenvalue weighted by Crippen LogP contribution is 2.24. The SMILES string of the molecule is O=C(Nc1cc(Cl)cc(NC(=O)c2ccc(-c3ccccc3)nc2)c1)c1ccc(Cc2ccccc2)nc1. The molecule has 0 spiro atoms. The van der Waals surface area contributed by atoms with Crippen molar-refractivity contribution < 1.29 is 9.59 Å². The number of carbonyl (C=O) groups is 2. The van der Waals surface area contributed by atoms with E-state index in [4.69, 9.17) is 11.6 Å². The molecule has 2 heterocycles. The van der Waals surface area contributed by atoms with Gasteiger partial charge in [-0.2, -0.15) is 0 Å². The van der Waals surface area contributed by atoms with Crippen molar-refractivity contribution in [2.45, 2.75) is 6.42 Å². The van der Waals surface area contributed by atoms with Gasteiger partial charge in [0.05, 0.1) is 16.8 Å². The Morgan fingerprint density at radius 2 is 1.24 bits per heavy atom. The highest BCUT2D eigenvalue weighted by atomic mass is 35.5. The number of anilines is 2. The monoisotopic (exact) mass is 518 g/mol. The number of hydrogen-bond acceptors (Lipinski definition) is 4. The van der Waals surface area contributed by atoms with Gasteiger partial charge in [0, 0.05) is 46.5 Å². The molecule has 0 radical (unpaired) electrons. The standard InChI is InChI=1S/C31H23ClN4O2/c32-25-16-27(35-30(37)23-11-13-26(33-19-23)15-21-7-3-1-4-8-21)18-28(17-25)36-31(38)24-12-14-29(34-20-24)22-9-5-2-6-10-22/h1-14,16-20H,15H2,(H,35,37)(H,36,38). The third-order valence-corrected chi connectivity index (χ3v) is 6.04. The second kappa shape index (κ2) is 11.5. The zero-order valence-corrected chi connectivity index (χ0v) is 21.0. The van der Waals surface area contributed by atoms with Crippen molar-refractivity contribution in [1.82, 2.24) is 9.97 Å². The molecular weight excluding hydrogens is 496 g/mol. The Morgan fingerprint density at radius 3 is 1.79 bits per heavy atom. The zero-order chi connectivity index (χ0) is 26.3. The number of benzene rings is 3. The minimum absolute atomic E-state index is 0.330. The number of nitrogens with zero attached hydrogens (tertiary/aromatic N) is 2. The van der Waals surface area contributed by atoms with Gasteiger partial charge < -0.3 is 10.6 Å². The molecule has 2 amide bonds. The van der Waals surface area contributed by atoms with Crippen molar-refractivity contribution in [1.29, 1.82) is 0 Å². The third kappa shape index (κ3) is 6.30. The van der Waals surface area contributed by atoms with E-state index in [0.29, 0.717) is 33.9 Å². The Labute approximate surface area is 225 Å². The number of rotatable bonds is 7. The first-order valence-electron chi connectivity index (χ1n) is 12.0. The molecule has 0 unspecified atom stereocenters. The van der Waals surface area contributed by atoms with E-state index >= 15 is 0 Å². The van der Waals surface area contributed by atoms with Crippen LogP contribution in [0.15, 0.2) is 116 Å². The van der Waals surface area contributed by atoms with Crippen molar-refractivity contribution in [3.05, 3.63) is 143 Å². The van der Waals surface area contributed by atoms with Gasteiger partial charge in [0.25, 0.3) is 11.8 Å². The predicted molar refractivity (Wildman–Crippen MR) is 151 cm³/mol. The topological polar surface area (TPSA) is 84.0 Å². The molecule has 186 valence electrons. The molecule has 2 N–H and O–H groups in total. The molecular formula is C31H23ClN4O2. The van der Waals surface area contributed by atoms with Crippen LogP contribution in [0.1, 0.15) is 32.0 Å². The highest BCUT2D eigenvalue weighted by molar-refractivity contribution is 6.31. The lowest BCUT2D eigenvalue weighted by atomic mass is 10.1. The highest BCUT2D eigenvalue weighted by Gasteiger charge is 2.12. The van der Waals surface area contributed by atoms with Crippen LogP contribution in [0.5, 0.6) is 0 Å². The van der Waals surface area contributed by atoms with Gasteiger partial charge in [-0.1, -0.05) is 72.3 Å². The summed E-state index contributed by atoms with van der Waals surface area (Å²) < 4.78 is 0. The Kier molecular flexibility index (Phi) is 7.52. The molecule has 0 saturated carbocycles. The molecule has 0 saturated heterocycles. The van der Waals surface area contributed by atoms with E-state index in [2.05, 4.69) is 20.6 Å². The summed E-state index contributed by atoms with van der Waals surface area (Å²) in [6.07, 6.45) is 3.76. The maximum atomic E-state index is 12.8. The zero-order valence-electron chi connectivity index (χ0n) is 20.3. The number of carbonyl (C=O) groups excluding carboxylic acids is 2. The van der Waals surface area contributed by atoms with Crippen LogP contribution in [0.25, 0.3) is 11.3 Å². The predicted octanol–water partition coefficient (Wildman–Crippen LogP) is 6.89. The van der Waals surface area contributed by atoms with Gasteiger partial charge in [-0.05, 0) is 48.0 Å². The van der Waals surface area contributed by atoms with Crippen LogP contribution in [0.2, 0.25) is 5.02 Å². The van der Waals surface area contributed by atoms with E-state index in [9.17, 15) is 9.59 Å². The summed E-state index contributed by atoms with van der Waals surface area (Å²) >= 11 is 6.27. The van der Waals surface area contributed by atoms with Gasteiger partial charge in [-0.15, -0.1) is 0 Å². The van der Waals surface area contributed by atoms with E-state index in [-0.39, 0.29) is 11.8 Å². The molecule has 5 rings (SSSR count). The lowest BCUT2D eigenvalue weighted by Crippen LogP contribution is -2.14. The fourth-order valence-electron chi connectivity index (χ4n) is 3.92. The van der Waals surface area contributed by atoms with E-state index in [0.717, 1.165) is 22.5 Å². The summed E-state index contributed by atoms with van der Waals surface area (Å²) in [6.45, 7) is 0. The van der Waals surface area contributed by atoms with E-state index in [1.165, 1.54) is 6.20 Å². The summed E-state index contributed by atoms with van der Waals surface area (Å²) in [5, 5.41) is 6.00. The third-order valence-electron chi connectivity index (χ3n) is 5.82. The minimum Gasteiger partial charge on any atom is -0.322 e. The van der Waals surface area contributed by atoms with Crippen molar-refractivity contribution >= 4 is 34.8 Å². The average Bonchev–Trinajstić information content (AvgIpc) is 2.94. The molecule has 5 aromatic rings.